The molecule has 0 heterocycles. The topological polar surface area (TPSA) is 109 Å². The first-order chi connectivity index (χ1) is 14.8. The van der Waals surface area contributed by atoms with Crippen LogP contribution in [0.15, 0.2) is 42.5 Å². The van der Waals surface area contributed by atoms with Gasteiger partial charge in [0, 0.05) is 18.0 Å². The normalized spacial score (nSPS) is 10.2. The maximum absolute atomic E-state index is 11.8. The fraction of sp³-hybridized carbons (Fsp3) is 0.286. The number of benzene rings is 2. The number of aryl methyl sites for hydroxylation is 1. The van der Waals surface area contributed by atoms with Crippen molar-refractivity contribution >= 4 is 41.0 Å². The van der Waals surface area contributed by atoms with Gasteiger partial charge in [-0.15, -0.1) is 0 Å². The fourth-order valence-corrected chi connectivity index (χ4v) is 2.83. The molecule has 2 aromatic rings. The van der Waals surface area contributed by atoms with Gasteiger partial charge in [-0.05, 0) is 37.1 Å². The number of carbonyl (C=O) groups is 3. The largest absolute Gasteiger partial charge is 0.492 e. The maximum atomic E-state index is 11.8. The number of hydrogen-bond donors (Lipinski definition) is 4. The summed E-state index contributed by atoms with van der Waals surface area (Å²) in [4.78, 5) is 35.2. The van der Waals surface area contributed by atoms with Crippen LogP contribution in [0.4, 0.5) is 4.79 Å². The summed E-state index contributed by atoms with van der Waals surface area (Å²) in [5.41, 5.74) is 6.59. The highest BCUT2D eigenvalue weighted by Gasteiger charge is 2.08. The number of nitrogens with one attached hydrogen (secondary N) is 4. The minimum Gasteiger partial charge on any atom is -0.492 e. The van der Waals surface area contributed by atoms with Gasteiger partial charge in [0.15, 0.2) is 0 Å². The van der Waals surface area contributed by atoms with Crippen LogP contribution < -0.4 is 26.2 Å². The summed E-state index contributed by atoms with van der Waals surface area (Å²) in [6.45, 7) is 2.31. The first kappa shape index (κ1) is 24.3. The minimum absolute atomic E-state index is 0.135. The van der Waals surface area contributed by atoms with Crippen LogP contribution in [-0.2, 0) is 16.1 Å². The van der Waals surface area contributed by atoms with Crippen LogP contribution >= 0.6 is 23.2 Å². The molecule has 166 valence electrons. The van der Waals surface area contributed by atoms with Gasteiger partial charge in [-0.2, -0.15) is 0 Å². The Labute approximate surface area is 190 Å². The number of rotatable bonds is 9. The van der Waals surface area contributed by atoms with Crippen molar-refractivity contribution in [2.45, 2.75) is 26.3 Å². The summed E-state index contributed by atoms with van der Waals surface area (Å²) in [7, 11) is 0. The van der Waals surface area contributed by atoms with Gasteiger partial charge < -0.3 is 15.4 Å². The third-order valence-electron chi connectivity index (χ3n) is 4.02. The molecule has 31 heavy (non-hydrogen) atoms. The van der Waals surface area contributed by atoms with Gasteiger partial charge >= 0.3 is 6.03 Å². The van der Waals surface area contributed by atoms with E-state index in [-0.39, 0.29) is 25.5 Å². The second-order valence-electron chi connectivity index (χ2n) is 6.64. The maximum Gasteiger partial charge on any atom is 0.315 e. The zero-order valence-corrected chi connectivity index (χ0v) is 18.5. The molecule has 4 N–H and O–H groups in total. The first-order valence-electron chi connectivity index (χ1n) is 9.56. The van der Waals surface area contributed by atoms with Crippen LogP contribution in [0.25, 0.3) is 0 Å². The van der Waals surface area contributed by atoms with E-state index in [1.807, 2.05) is 31.2 Å². The summed E-state index contributed by atoms with van der Waals surface area (Å²) in [6, 6.07) is 12.1. The molecule has 0 atom stereocenters. The molecule has 0 fully saturated rings. The van der Waals surface area contributed by atoms with E-state index in [9.17, 15) is 14.4 Å². The fourth-order valence-electron chi connectivity index (χ4n) is 2.36. The van der Waals surface area contributed by atoms with E-state index in [4.69, 9.17) is 27.9 Å². The summed E-state index contributed by atoms with van der Waals surface area (Å²) in [5, 5.41) is 5.95. The third-order valence-corrected chi connectivity index (χ3v) is 4.55. The molecule has 0 spiro atoms. The average Bonchev–Trinajstić information content (AvgIpc) is 2.74. The molecule has 0 aliphatic carbocycles. The number of halogens is 2. The number of hydrogen-bond acceptors (Lipinski definition) is 4. The summed E-state index contributed by atoms with van der Waals surface area (Å²) >= 11 is 11.8. The Morgan fingerprint density at radius 2 is 1.65 bits per heavy atom. The molecule has 0 radical (unpaired) electrons. The number of hydrazine groups is 1. The van der Waals surface area contributed by atoms with Gasteiger partial charge in [0.05, 0.1) is 11.6 Å². The van der Waals surface area contributed by atoms with Crippen LogP contribution in [0, 0.1) is 6.92 Å². The molecule has 0 aromatic heterocycles. The molecule has 0 aliphatic heterocycles. The molecule has 0 unspecified atom stereocenters. The average molecular weight is 467 g/mol. The van der Waals surface area contributed by atoms with Crippen molar-refractivity contribution in [3.05, 3.63) is 63.6 Å². The highest BCUT2D eigenvalue weighted by Crippen LogP contribution is 2.27. The van der Waals surface area contributed by atoms with Gasteiger partial charge in [0.2, 0.25) is 5.91 Å². The van der Waals surface area contributed by atoms with E-state index < -0.39 is 11.9 Å². The Morgan fingerprint density at radius 3 is 2.35 bits per heavy atom. The Morgan fingerprint density at radius 1 is 0.935 bits per heavy atom. The van der Waals surface area contributed by atoms with Gasteiger partial charge in [0.1, 0.15) is 12.3 Å². The second kappa shape index (κ2) is 12.7. The zero-order chi connectivity index (χ0) is 22.6. The van der Waals surface area contributed by atoms with Crippen LogP contribution in [-0.4, -0.2) is 31.0 Å². The van der Waals surface area contributed by atoms with Crippen molar-refractivity contribution in [2.75, 3.05) is 13.2 Å². The van der Waals surface area contributed by atoms with E-state index in [1.54, 1.807) is 18.2 Å². The molecule has 0 bridgehead atoms. The molecule has 2 rings (SSSR count). The predicted octanol–water partition coefficient (Wildman–Crippen LogP) is 3.11. The molecule has 0 saturated carbocycles. The molecule has 0 saturated heterocycles. The van der Waals surface area contributed by atoms with E-state index in [1.165, 1.54) is 0 Å². The molecule has 0 aliphatic rings. The molecular formula is C21H24Cl2N4O4. The van der Waals surface area contributed by atoms with Crippen molar-refractivity contribution in [3.8, 4) is 5.75 Å². The monoisotopic (exact) mass is 466 g/mol. The Kier molecular flexibility index (Phi) is 9.93. The van der Waals surface area contributed by atoms with Crippen molar-refractivity contribution in [1.29, 1.82) is 0 Å². The summed E-state index contributed by atoms with van der Waals surface area (Å²) in [5.74, 6) is -0.461. The van der Waals surface area contributed by atoms with Crippen molar-refractivity contribution in [1.82, 2.24) is 21.5 Å². The third kappa shape index (κ3) is 9.59. The smallest absolute Gasteiger partial charge is 0.315 e. The molecule has 2 aromatic carbocycles. The molecular weight excluding hydrogens is 443 g/mol. The van der Waals surface area contributed by atoms with Crippen molar-refractivity contribution < 1.29 is 19.1 Å². The van der Waals surface area contributed by atoms with Gasteiger partial charge in [-0.25, -0.2) is 4.79 Å². The number of carbonyl (C=O) groups excluding carboxylic acids is 3. The quantitative estimate of drug-likeness (QED) is 0.336. The lowest BCUT2D eigenvalue weighted by Crippen LogP contribution is -2.47. The van der Waals surface area contributed by atoms with E-state index >= 15 is 0 Å². The predicted molar refractivity (Wildman–Crippen MR) is 119 cm³/mol. The SMILES string of the molecule is Cc1ccc(CNC(=O)NCC(=O)NNC(=O)CCCOc2ccc(Cl)cc2Cl)cc1. The Bertz CT molecular complexity index is 907. The summed E-state index contributed by atoms with van der Waals surface area (Å²) in [6.07, 6.45) is 0.552. The van der Waals surface area contributed by atoms with E-state index in [0.29, 0.717) is 28.8 Å². The van der Waals surface area contributed by atoms with E-state index in [0.717, 1.165) is 11.1 Å². The van der Waals surface area contributed by atoms with Crippen LogP contribution in [0.5, 0.6) is 5.75 Å². The van der Waals surface area contributed by atoms with Crippen LogP contribution in [0.2, 0.25) is 10.0 Å². The number of urea groups is 1. The van der Waals surface area contributed by atoms with Crippen molar-refractivity contribution in [3.63, 3.8) is 0 Å². The van der Waals surface area contributed by atoms with Gasteiger partial charge in [-0.3, -0.25) is 20.4 Å². The minimum atomic E-state index is -0.553. The van der Waals surface area contributed by atoms with Crippen molar-refractivity contribution in [2.24, 2.45) is 0 Å². The Balaban J connectivity index is 1.54. The first-order valence-corrected chi connectivity index (χ1v) is 10.3. The lowest BCUT2D eigenvalue weighted by Gasteiger charge is -2.10. The summed E-state index contributed by atoms with van der Waals surface area (Å²) < 4.78 is 5.48. The lowest BCUT2D eigenvalue weighted by atomic mass is 10.1. The number of ether oxygens (including phenoxy) is 1. The zero-order valence-electron chi connectivity index (χ0n) is 17.0. The molecule has 10 heteroatoms. The highest BCUT2D eigenvalue weighted by atomic mass is 35.5. The second-order valence-corrected chi connectivity index (χ2v) is 7.49. The van der Waals surface area contributed by atoms with Crippen LogP contribution in [0.1, 0.15) is 24.0 Å². The molecule has 4 amide bonds. The van der Waals surface area contributed by atoms with Crippen LogP contribution in [0.3, 0.4) is 0 Å². The molecule has 8 nitrogen and oxygen atoms in total. The standard InChI is InChI=1S/C21H24Cl2N4O4/c1-14-4-6-15(7-5-14)12-24-21(30)25-13-20(29)27-26-19(28)3-2-10-31-18-9-8-16(22)11-17(18)23/h4-9,11H,2-3,10,12-13H2,1H3,(H,26,28)(H,27,29)(H2,24,25,30). The van der Waals surface area contributed by atoms with Gasteiger partial charge in [-0.1, -0.05) is 53.0 Å². The van der Waals surface area contributed by atoms with E-state index in [2.05, 4.69) is 21.5 Å². The lowest BCUT2D eigenvalue weighted by molar-refractivity contribution is -0.128. The Hall–Kier alpha value is -2.97. The number of amides is 4. The van der Waals surface area contributed by atoms with Gasteiger partial charge in [0.25, 0.3) is 5.91 Å². The highest BCUT2D eigenvalue weighted by molar-refractivity contribution is 6.35.